The van der Waals surface area contributed by atoms with Gasteiger partial charge in [-0.25, -0.2) is 0 Å². The molecule has 0 spiro atoms. The molecule has 13 heavy (non-hydrogen) atoms. The second-order valence-corrected chi connectivity index (χ2v) is 3.80. The molecule has 0 unspecified atom stereocenters. The highest BCUT2D eigenvalue weighted by atomic mass is 35.5. The second-order valence-electron chi connectivity index (χ2n) is 3.56. The van der Waals surface area contributed by atoms with Gasteiger partial charge in [0.05, 0.1) is 6.00 Å². The van der Waals surface area contributed by atoms with Crippen LogP contribution in [0.5, 0.6) is 0 Å². The number of rotatable bonds is 2. The van der Waals surface area contributed by atoms with E-state index in [9.17, 15) is 0 Å². The van der Waals surface area contributed by atoms with Crippen molar-refractivity contribution in [3.63, 3.8) is 0 Å². The first-order chi connectivity index (χ1) is 6.06. The van der Waals surface area contributed by atoms with Gasteiger partial charge in [-0.3, -0.25) is 0 Å². The molecule has 0 radical (unpaired) electrons. The van der Waals surface area contributed by atoms with Crippen LogP contribution in [0.2, 0.25) is 0 Å². The smallest absolute Gasteiger partial charge is 0.0925 e. The number of hydrogen-bond acceptors (Lipinski definition) is 1. The molecule has 2 heteroatoms. The molecule has 1 aromatic rings. The number of nitrogens with zero attached hydrogens (tertiary/aromatic N) is 1. The van der Waals surface area contributed by atoms with Crippen molar-refractivity contribution in [2.24, 2.45) is 0 Å². The fourth-order valence-electron chi connectivity index (χ4n) is 1.83. The van der Waals surface area contributed by atoms with Crippen LogP contribution in [0.15, 0.2) is 12.1 Å². The maximum absolute atomic E-state index is 5.80. The summed E-state index contributed by atoms with van der Waals surface area (Å²) in [7, 11) is 2.01. The lowest BCUT2D eigenvalue weighted by Crippen LogP contribution is -2.16. The van der Waals surface area contributed by atoms with Gasteiger partial charge in [0, 0.05) is 12.7 Å². The third-order valence-corrected chi connectivity index (χ3v) is 2.55. The third-order valence-electron chi connectivity index (χ3n) is 2.20. The molecule has 0 aromatic heterocycles. The summed E-state index contributed by atoms with van der Waals surface area (Å²) in [6, 6.07) is 4.90. The van der Waals surface area contributed by atoms with Crippen LogP contribution in [0, 0.1) is 20.8 Å². The average Bonchev–Trinajstić information content (AvgIpc) is 2.02. The number of anilines is 1. The minimum Gasteiger partial charge on any atom is -0.360 e. The molecule has 0 aliphatic rings. The largest absolute Gasteiger partial charge is 0.360 e. The molecule has 0 fully saturated rings. The molecule has 0 saturated carbocycles. The summed E-state index contributed by atoms with van der Waals surface area (Å²) in [5.41, 5.74) is 5.14. The fraction of sp³-hybridized carbons (Fsp3) is 0.455. The molecule has 0 bridgehead atoms. The Labute approximate surface area is 85.3 Å². The first kappa shape index (κ1) is 10.4. The van der Waals surface area contributed by atoms with Gasteiger partial charge in [0.15, 0.2) is 0 Å². The molecule has 0 saturated heterocycles. The quantitative estimate of drug-likeness (QED) is 0.520. The Morgan fingerprint density at radius 2 is 1.62 bits per heavy atom. The van der Waals surface area contributed by atoms with Crippen molar-refractivity contribution < 1.29 is 0 Å². The molecule has 1 aromatic carbocycles. The first-order valence-corrected chi connectivity index (χ1v) is 4.94. The predicted molar refractivity (Wildman–Crippen MR) is 59.8 cm³/mol. The van der Waals surface area contributed by atoms with E-state index in [1.165, 1.54) is 22.4 Å². The van der Waals surface area contributed by atoms with Crippen LogP contribution in [0.25, 0.3) is 0 Å². The zero-order valence-corrected chi connectivity index (χ0v) is 9.44. The third kappa shape index (κ3) is 2.16. The van der Waals surface area contributed by atoms with Crippen LogP contribution in [-0.2, 0) is 0 Å². The topological polar surface area (TPSA) is 3.24 Å². The number of benzene rings is 1. The van der Waals surface area contributed by atoms with Crippen molar-refractivity contribution in [3.8, 4) is 0 Å². The normalized spacial score (nSPS) is 10.2. The maximum Gasteiger partial charge on any atom is 0.0925 e. The summed E-state index contributed by atoms with van der Waals surface area (Å²) >= 11 is 5.80. The highest BCUT2D eigenvalue weighted by Crippen LogP contribution is 2.25. The summed E-state index contributed by atoms with van der Waals surface area (Å²) in [6.07, 6.45) is 0. The van der Waals surface area contributed by atoms with E-state index >= 15 is 0 Å². The van der Waals surface area contributed by atoms with Crippen LogP contribution in [0.3, 0.4) is 0 Å². The first-order valence-electron chi connectivity index (χ1n) is 4.41. The Hall–Kier alpha value is -0.690. The van der Waals surface area contributed by atoms with Gasteiger partial charge >= 0.3 is 0 Å². The lowest BCUT2D eigenvalue weighted by Gasteiger charge is -2.21. The number of hydrogen-bond donors (Lipinski definition) is 0. The molecule has 0 atom stereocenters. The molecular formula is C11H16ClN. The van der Waals surface area contributed by atoms with Crippen LogP contribution >= 0.6 is 11.6 Å². The molecule has 0 aliphatic carbocycles. The number of aryl methyl sites for hydroxylation is 3. The Kier molecular flexibility index (Phi) is 3.21. The zero-order valence-electron chi connectivity index (χ0n) is 8.69. The summed E-state index contributed by atoms with van der Waals surface area (Å²) in [5, 5.41) is 0. The summed E-state index contributed by atoms with van der Waals surface area (Å²) < 4.78 is 0. The van der Waals surface area contributed by atoms with E-state index in [4.69, 9.17) is 11.6 Å². The summed E-state index contributed by atoms with van der Waals surface area (Å²) in [4.78, 5) is 2.06. The monoisotopic (exact) mass is 197 g/mol. The van der Waals surface area contributed by atoms with Gasteiger partial charge in [-0.05, 0) is 31.9 Å². The Balaban J connectivity index is 3.20. The number of halogens is 1. The van der Waals surface area contributed by atoms with E-state index in [0.717, 1.165) is 0 Å². The van der Waals surface area contributed by atoms with E-state index in [2.05, 4.69) is 37.8 Å². The van der Waals surface area contributed by atoms with E-state index in [1.807, 2.05) is 7.05 Å². The van der Waals surface area contributed by atoms with E-state index < -0.39 is 0 Å². The van der Waals surface area contributed by atoms with Crippen molar-refractivity contribution in [3.05, 3.63) is 28.8 Å². The van der Waals surface area contributed by atoms with E-state index in [0.29, 0.717) is 6.00 Å². The molecule has 1 nitrogen and oxygen atoms in total. The van der Waals surface area contributed by atoms with Crippen LogP contribution in [-0.4, -0.2) is 13.1 Å². The zero-order chi connectivity index (χ0) is 10.0. The fourth-order valence-corrected chi connectivity index (χ4v) is 1.95. The van der Waals surface area contributed by atoms with Crippen LogP contribution in [0.4, 0.5) is 5.69 Å². The lowest BCUT2D eigenvalue weighted by molar-refractivity contribution is 1.06. The minimum absolute atomic E-state index is 0.532. The van der Waals surface area contributed by atoms with Crippen LogP contribution < -0.4 is 4.90 Å². The SMILES string of the molecule is Cc1cc(C)c(N(C)CCl)c(C)c1. The van der Waals surface area contributed by atoms with Gasteiger partial charge in [-0.1, -0.05) is 17.7 Å². The van der Waals surface area contributed by atoms with E-state index in [1.54, 1.807) is 0 Å². The standard InChI is InChI=1S/C11H16ClN/c1-8-5-9(2)11(10(3)6-8)13(4)7-12/h5-6H,7H2,1-4H3. The molecule has 0 N–H and O–H groups in total. The lowest BCUT2D eigenvalue weighted by atomic mass is 10.0. The maximum atomic E-state index is 5.80. The highest BCUT2D eigenvalue weighted by molar-refractivity contribution is 6.19. The van der Waals surface area contributed by atoms with Crippen molar-refractivity contribution in [2.45, 2.75) is 20.8 Å². The molecule has 0 heterocycles. The van der Waals surface area contributed by atoms with E-state index in [-0.39, 0.29) is 0 Å². The molecule has 0 amide bonds. The molecule has 1 rings (SSSR count). The van der Waals surface area contributed by atoms with Crippen molar-refractivity contribution >= 4 is 17.3 Å². The summed E-state index contributed by atoms with van der Waals surface area (Å²) in [6.45, 7) is 6.36. The van der Waals surface area contributed by atoms with Crippen molar-refractivity contribution in [1.29, 1.82) is 0 Å². The molecule has 0 aliphatic heterocycles. The van der Waals surface area contributed by atoms with Gasteiger partial charge < -0.3 is 4.90 Å². The van der Waals surface area contributed by atoms with Gasteiger partial charge in [0.25, 0.3) is 0 Å². The average molecular weight is 198 g/mol. The van der Waals surface area contributed by atoms with Crippen LogP contribution in [0.1, 0.15) is 16.7 Å². The Morgan fingerprint density at radius 1 is 1.15 bits per heavy atom. The van der Waals surface area contributed by atoms with Gasteiger partial charge in [0.2, 0.25) is 0 Å². The molecule has 72 valence electrons. The molecular weight excluding hydrogens is 182 g/mol. The summed E-state index contributed by atoms with van der Waals surface area (Å²) in [5.74, 6) is 0. The van der Waals surface area contributed by atoms with Gasteiger partial charge in [0.1, 0.15) is 0 Å². The van der Waals surface area contributed by atoms with Gasteiger partial charge in [-0.15, -0.1) is 11.6 Å². The van der Waals surface area contributed by atoms with Gasteiger partial charge in [-0.2, -0.15) is 0 Å². The Bertz CT molecular complexity index is 284. The number of alkyl halides is 1. The van der Waals surface area contributed by atoms with Crippen molar-refractivity contribution in [1.82, 2.24) is 0 Å². The Morgan fingerprint density at radius 3 is 2.00 bits per heavy atom. The predicted octanol–water partition coefficient (Wildman–Crippen LogP) is 3.24. The minimum atomic E-state index is 0.532. The second kappa shape index (κ2) is 4.01. The van der Waals surface area contributed by atoms with Crippen molar-refractivity contribution in [2.75, 3.05) is 18.0 Å². The highest BCUT2D eigenvalue weighted by Gasteiger charge is 2.06.